The first-order valence-electron chi connectivity index (χ1n) is 8.20. The molecule has 0 spiro atoms. The monoisotopic (exact) mass is 345 g/mol. The fourth-order valence-electron chi connectivity index (χ4n) is 3.23. The van der Waals surface area contributed by atoms with Gasteiger partial charge in [-0.3, -0.25) is 4.79 Å². The fourth-order valence-corrected chi connectivity index (χ4v) is 3.23. The predicted octanol–water partition coefficient (Wildman–Crippen LogP) is 5.50. The lowest BCUT2D eigenvalue weighted by molar-refractivity contribution is -0.143. The molecule has 0 aliphatic carbocycles. The van der Waals surface area contributed by atoms with Crippen molar-refractivity contribution in [1.29, 1.82) is 0 Å². The van der Waals surface area contributed by atoms with Crippen LogP contribution in [-0.4, -0.2) is 10.9 Å². The van der Waals surface area contributed by atoms with Gasteiger partial charge in [-0.25, -0.2) is 0 Å². The Morgan fingerprint density at radius 1 is 0.920 bits per heavy atom. The van der Waals surface area contributed by atoms with Crippen molar-refractivity contribution in [2.45, 2.75) is 32.0 Å². The second-order valence-corrected chi connectivity index (χ2v) is 5.99. The summed E-state index contributed by atoms with van der Waals surface area (Å²) in [7, 11) is 0. The van der Waals surface area contributed by atoms with Gasteiger partial charge in [0.25, 0.3) is 0 Å². The first-order valence-corrected chi connectivity index (χ1v) is 8.20. The van der Waals surface area contributed by atoms with E-state index in [9.17, 15) is 18.0 Å². The summed E-state index contributed by atoms with van der Waals surface area (Å²) in [5, 5.41) is 0.355. The van der Waals surface area contributed by atoms with Gasteiger partial charge in [-0.05, 0) is 30.9 Å². The summed E-state index contributed by atoms with van der Waals surface area (Å²) >= 11 is 0. The lowest BCUT2D eigenvalue weighted by Crippen LogP contribution is -2.16. The van der Waals surface area contributed by atoms with Crippen LogP contribution in [0.3, 0.4) is 0 Å². The molecule has 5 heteroatoms. The minimum atomic E-state index is -4.56. The van der Waals surface area contributed by atoms with Gasteiger partial charge in [-0.15, -0.1) is 0 Å². The van der Waals surface area contributed by atoms with Gasteiger partial charge in [0, 0.05) is 17.4 Å². The normalized spacial score (nSPS) is 11.8. The summed E-state index contributed by atoms with van der Waals surface area (Å²) in [4.78, 5) is 11.3. The maximum atomic E-state index is 13.5. The number of fused-ring (bicyclic) bond motifs is 1. The number of alkyl halides is 3. The molecule has 3 aromatic rings. The SMILES string of the molecule is O=Cc1c(C(F)(F)F)n(CCCCc2ccccc2)c2ccccc12. The number of aryl methyl sites for hydroxylation is 2. The van der Waals surface area contributed by atoms with Crippen molar-refractivity contribution in [3.05, 3.63) is 71.4 Å². The van der Waals surface area contributed by atoms with Gasteiger partial charge in [-0.2, -0.15) is 13.2 Å². The summed E-state index contributed by atoms with van der Waals surface area (Å²) < 4.78 is 41.8. The Morgan fingerprint density at radius 3 is 2.28 bits per heavy atom. The Hall–Kier alpha value is -2.56. The largest absolute Gasteiger partial charge is 0.432 e. The van der Waals surface area contributed by atoms with Gasteiger partial charge in [0.1, 0.15) is 5.69 Å². The average Bonchev–Trinajstić information content (AvgIpc) is 2.93. The molecule has 3 rings (SSSR count). The molecule has 25 heavy (non-hydrogen) atoms. The molecule has 0 radical (unpaired) electrons. The van der Waals surface area contributed by atoms with Crippen molar-refractivity contribution in [2.24, 2.45) is 0 Å². The smallest absolute Gasteiger partial charge is 0.336 e. The molecule has 0 aliphatic rings. The van der Waals surface area contributed by atoms with Crippen molar-refractivity contribution in [3.8, 4) is 0 Å². The van der Waals surface area contributed by atoms with Crippen LogP contribution >= 0.6 is 0 Å². The maximum Gasteiger partial charge on any atom is 0.432 e. The summed E-state index contributed by atoms with van der Waals surface area (Å²) in [6.45, 7) is 0.232. The highest BCUT2D eigenvalue weighted by Gasteiger charge is 2.38. The standard InChI is InChI=1S/C20H18F3NO/c21-20(22,23)19-17(14-25)16-11-4-5-12-18(16)24(19)13-7-6-10-15-8-2-1-3-9-15/h1-5,8-9,11-12,14H,6-7,10,13H2. The van der Waals surface area contributed by atoms with E-state index in [-0.39, 0.29) is 12.1 Å². The molecular formula is C20H18F3NO. The van der Waals surface area contributed by atoms with E-state index in [0.29, 0.717) is 23.6 Å². The van der Waals surface area contributed by atoms with Crippen molar-refractivity contribution in [1.82, 2.24) is 4.57 Å². The number of benzene rings is 2. The Labute approximate surface area is 143 Å². The van der Waals surface area contributed by atoms with E-state index in [1.54, 1.807) is 24.3 Å². The number of rotatable bonds is 6. The van der Waals surface area contributed by atoms with Crippen LogP contribution in [0.15, 0.2) is 54.6 Å². The van der Waals surface area contributed by atoms with Gasteiger partial charge >= 0.3 is 6.18 Å². The van der Waals surface area contributed by atoms with E-state index >= 15 is 0 Å². The van der Waals surface area contributed by atoms with Gasteiger partial charge in [0.05, 0.1) is 5.56 Å². The van der Waals surface area contributed by atoms with Crippen LogP contribution in [0.5, 0.6) is 0 Å². The summed E-state index contributed by atoms with van der Waals surface area (Å²) in [6.07, 6.45) is -2.04. The molecule has 0 amide bonds. The molecule has 0 bridgehead atoms. The third kappa shape index (κ3) is 3.60. The number of carbonyl (C=O) groups is 1. The summed E-state index contributed by atoms with van der Waals surface area (Å²) in [5.74, 6) is 0. The number of hydrogen-bond acceptors (Lipinski definition) is 1. The summed E-state index contributed by atoms with van der Waals surface area (Å²) in [5.41, 5.74) is 0.510. The fraction of sp³-hybridized carbons (Fsp3) is 0.250. The van der Waals surface area contributed by atoms with Crippen molar-refractivity contribution in [3.63, 3.8) is 0 Å². The Kier molecular flexibility index (Phi) is 4.93. The minimum absolute atomic E-state index is 0.232. The van der Waals surface area contributed by atoms with Crippen LogP contribution in [0.2, 0.25) is 0 Å². The highest BCUT2D eigenvalue weighted by atomic mass is 19.4. The van der Waals surface area contributed by atoms with Crippen LogP contribution < -0.4 is 0 Å². The highest BCUT2D eigenvalue weighted by molar-refractivity contribution is 5.99. The Balaban J connectivity index is 1.86. The predicted molar refractivity (Wildman–Crippen MR) is 91.7 cm³/mol. The van der Waals surface area contributed by atoms with Crippen LogP contribution in [0, 0.1) is 0 Å². The third-order valence-corrected chi connectivity index (χ3v) is 4.34. The Bertz CT molecular complexity index is 866. The lowest BCUT2D eigenvalue weighted by Gasteiger charge is -2.14. The lowest BCUT2D eigenvalue weighted by atomic mass is 10.1. The number of carbonyl (C=O) groups excluding carboxylic acids is 1. The first kappa shape index (κ1) is 17.3. The van der Waals surface area contributed by atoms with Crippen LogP contribution in [-0.2, 0) is 19.1 Å². The second kappa shape index (κ2) is 7.13. The third-order valence-electron chi connectivity index (χ3n) is 4.34. The number of unbranched alkanes of at least 4 members (excludes halogenated alkanes) is 1. The zero-order chi connectivity index (χ0) is 17.9. The molecule has 2 nitrogen and oxygen atoms in total. The number of aldehydes is 1. The summed E-state index contributed by atoms with van der Waals surface area (Å²) in [6, 6.07) is 16.4. The molecule has 0 aliphatic heterocycles. The number of halogens is 3. The average molecular weight is 345 g/mol. The van der Waals surface area contributed by atoms with Crippen molar-refractivity contribution < 1.29 is 18.0 Å². The van der Waals surface area contributed by atoms with Crippen molar-refractivity contribution >= 4 is 17.2 Å². The van der Waals surface area contributed by atoms with Gasteiger partial charge in [-0.1, -0.05) is 48.5 Å². The van der Waals surface area contributed by atoms with E-state index in [0.717, 1.165) is 12.8 Å². The number of aromatic nitrogens is 1. The zero-order valence-electron chi connectivity index (χ0n) is 13.6. The quantitative estimate of drug-likeness (QED) is 0.427. The van der Waals surface area contributed by atoms with Crippen LogP contribution in [0.4, 0.5) is 13.2 Å². The number of para-hydroxylation sites is 1. The molecule has 0 saturated carbocycles. The molecule has 2 aromatic carbocycles. The van der Waals surface area contributed by atoms with Gasteiger partial charge in [0.2, 0.25) is 0 Å². The maximum absolute atomic E-state index is 13.5. The molecule has 1 aromatic heterocycles. The molecule has 1 heterocycles. The molecule has 0 atom stereocenters. The van der Waals surface area contributed by atoms with E-state index in [1.807, 2.05) is 30.3 Å². The van der Waals surface area contributed by atoms with Crippen molar-refractivity contribution in [2.75, 3.05) is 0 Å². The van der Waals surface area contributed by atoms with E-state index in [2.05, 4.69) is 0 Å². The molecular weight excluding hydrogens is 327 g/mol. The van der Waals surface area contributed by atoms with E-state index in [1.165, 1.54) is 10.1 Å². The molecule has 0 saturated heterocycles. The number of hydrogen-bond donors (Lipinski definition) is 0. The van der Waals surface area contributed by atoms with E-state index in [4.69, 9.17) is 0 Å². The topological polar surface area (TPSA) is 22.0 Å². The number of nitrogens with zero attached hydrogens (tertiary/aromatic N) is 1. The Morgan fingerprint density at radius 2 is 1.60 bits per heavy atom. The molecule has 130 valence electrons. The molecule has 0 fully saturated rings. The van der Waals surface area contributed by atoms with Gasteiger partial charge in [0.15, 0.2) is 6.29 Å². The molecule has 0 N–H and O–H groups in total. The minimum Gasteiger partial charge on any atom is -0.336 e. The zero-order valence-corrected chi connectivity index (χ0v) is 13.6. The van der Waals surface area contributed by atoms with Crippen LogP contribution in [0.25, 0.3) is 10.9 Å². The van der Waals surface area contributed by atoms with E-state index < -0.39 is 11.9 Å². The molecule has 0 unspecified atom stereocenters. The highest BCUT2D eigenvalue weighted by Crippen LogP contribution is 2.37. The first-order chi connectivity index (χ1) is 12.0. The van der Waals surface area contributed by atoms with Gasteiger partial charge < -0.3 is 4.57 Å². The van der Waals surface area contributed by atoms with Crippen LogP contribution in [0.1, 0.15) is 34.5 Å². The second-order valence-electron chi connectivity index (χ2n) is 5.99.